The number of hydrogen-bond donors (Lipinski definition) is 2. The summed E-state index contributed by atoms with van der Waals surface area (Å²) < 4.78 is 0. The third-order valence-corrected chi connectivity index (χ3v) is 3.56. The van der Waals surface area contributed by atoms with Crippen LogP contribution >= 0.6 is 0 Å². The van der Waals surface area contributed by atoms with Crippen molar-refractivity contribution in [1.82, 2.24) is 9.88 Å². The molecule has 3 N–H and O–H groups in total. The molecule has 1 aromatic rings. The van der Waals surface area contributed by atoms with Gasteiger partial charge in [0.05, 0.1) is 6.10 Å². The number of pyridine rings is 1. The fraction of sp³-hybridized carbons (Fsp3) is 0.643. The van der Waals surface area contributed by atoms with Gasteiger partial charge >= 0.3 is 0 Å². The zero-order valence-corrected chi connectivity index (χ0v) is 12.0. The molecule has 19 heavy (non-hydrogen) atoms. The van der Waals surface area contributed by atoms with Gasteiger partial charge in [0.1, 0.15) is 5.82 Å². The van der Waals surface area contributed by atoms with Gasteiger partial charge in [-0.2, -0.15) is 0 Å². The van der Waals surface area contributed by atoms with Crippen LogP contribution in [0.1, 0.15) is 24.9 Å². The van der Waals surface area contributed by atoms with Crippen molar-refractivity contribution in [3.8, 4) is 0 Å². The van der Waals surface area contributed by atoms with Gasteiger partial charge in [0.15, 0.2) is 0 Å². The molecule has 3 atom stereocenters. The summed E-state index contributed by atoms with van der Waals surface area (Å²) in [5.41, 5.74) is 6.87. The molecule has 1 aromatic heterocycles. The van der Waals surface area contributed by atoms with E-state index in [1.807, 2.05) is 25.3 Å². The molecular formula is C14H24N4O. The van der Waals surface area contributed by atoms with E-state index in [0.717, 1.165) is 24.3 Å². The first-order valence-electron chi connectivity index (χ1n) is 6.78. The maximum absolute atomic E-state index is 9.88. The van der Waals surface area contributed by atoms with E-state index >= 15 is 0 Å². The molecule has 5 nitrogen and oxygen atoms in total. The lowest BCUT2D eigenvalue weighted by Crippen LogP contribution is -2.38. The number of β-amino-alcohol motifs (C(OH)–C–C–N with tert-alkyl or cyclic N) is 1. The average molecular weight is 264 g/mol. The van der Waals surface area contributed by atoms with E-state index in [2.05, 4.69) is 28.9 Å². The molecule has 5 heteroatoms. The van der Waals surface area contributed by atoms with Crippen LogP contribution in [-0.2, 0) is 0 Å². The van der Waals surface area contributed by atoms with Crippen molar-refractivity contribution in [2.24, 2.45) is 5.73 Å². The largest absolute Gasteiger partial charge is 0.391 e. The van der Waals surface area contributed by atoms with Crippen LogP contribution in [0.2, 0.25) is 0 Å². The molecule has 1 aliphatic rings. The number of aliphatic hydroxyl groups is 1. The van der Waals surface area contributed by atoms with Gasteiger partial charge in [0.2, 0.25) is 0 Å². The second-order valence-electron chi connectivity index (χ2n) is 5.70. The molecule has 2 heterocycles. The summed E-state index contributed by atoms with van der Waals surface area (Å²) in [5.74, 6) is 0.924. The van der Waals surface area contributed by atoms with Crippen LogP contribution < -0.4 is 10.6 Å². The second kappa shape index (κ2) is 5.86. The first-order valence-corrected chi connectivity index (χ1v) is 6.78. The number of likely N-dealkylation sites (N-methyl/N-ethyl adjacent to an activating group) is 1. The Hall–Kier alpha value is -1.17. The molecule has 0 aromatic carbocycles. The number of rotatable bonds is 4. The Morgan fingerprint density at radius 1 is 1.53 bits per heavy atom. The minimum atomic E-state index is -0.264. The Bertz CT molecular complexity index is 404. The van der Waals surface area contributed by atoms with Crippen molar-refractivity contribution in [3.05, 3.63) is 23.9 Å². The van der Waals surface area contributed by atoms with E-state index in [0.29, 0.717) is 12.6 Å². The number of anilines is 1. The summed E-state index contributed by atoms with van der Waals surface area (Å²) in [7, 11) is 4.10. The summed E-state index contributed by atoms with van der Waals surface area (Å²) >= 11 is 0. The smallest absolute Gasteiger partial charge is 0.128 e. The van der Waals surface area contributed by atoms with Crippen LogP contribution in [0.5, 0.6) is 0 Å². The highest BCUT2D eigenvalue weighted by atomic mass is 16.3. The van der Waals surface area contributed by atoms with Crippen molar-refractivity contribution >= 4 is 5.82 Å². The Labute approximate surface area is 115 Å². The number of aliphatic hydroxyl groups excluding tert-OH is 1. The molecule has 2 unspecified atom stereocenters. The van der Waals surface area contributed by atoms with E-state index in [1.165, 1.54) is 0 Å². The summed E-state index contributed by atoms with van der Waals surface area (Å²) in [5, 5.41) is 9.88. The van der Waals surface area contributed by atoms with E-state index in [-0.39, 0.29) is 12.1 Å². The Morgan fingerprint density at radius 2 is 2.26 bits per heavy atom. The first kappa shape index (κ1) is 14.2. The van der Waals surface area contributed by atoms with Crippen LogP contribution in [-0.4, -0.2) is 54.3 Å². The second-order valence-corrected chi connectivity index (χ2v) is 5.70. The van der Waals surface area contributed by atoms with Crippen LogP contribution in [0.3, 0.4) is 0 Å². The Morgan fingerprint density at radius 3 is 2.79 bits per heavy atom. The van der Waals surface area contributed by atoms with Gasteiger partial charge in [-0.3, -0.25) is 0 Å². The molecule has 1 saturated heterocycles. The van der Waals surface area contributed by atoms with E-state index in [4.69, 9.17) is 5.73 Å². The summed E-state index contributed by atoms with van der Waals surface area (Å²) in [6.07, 6.45) is 2.37. The first-order chi connectivity index (χ1) is 8.97. The van der Waals surface area contributed by atoms with E-state index in [1.54, 1.807) is 0 Å². The van der Waals surface area contributed by atoms with Crippen LogP contribution in [0.15, 0.2) is 18.3 Å². The molecule has 0 saturated carbocycles. The molecule has 0 bridgehead atoms. The standard InChI is InChI=1S/C14H24N4O/c1-10(15)11-4-5-14(16-7-11)18-9-13(19)6-12(18)8-17(2)3/h4-5,7,10,12-13,19H,6,8-9,15H2,1-3H3/t10-,12?,13?/m1/s1. The molecule has 0 radical (unpaired) electrons. The highest BCUT2D eigenvalue weighted by molar-refractivity contribution is 5.43. The minimum Gasteiger partial charge on any atom is -0.391 e. The van der Waals surface area contributed by atoms with Crippen molar-refractivity contribution in [2.75, 3.05) is 32.1 Å². The minimum absolute atomic E-state index is 0.00305. The highest BCUT2D eigenvalue weighted by Crippen LogP contribution is 2.25. The summed E-state index contributed by atoms with van der Waals surface area (Å²) in [6.45, 7) is 3.53. The van der Waals surface area contributed by atoms with Gasteiger partial charge in [-0.25, -0.2) is 4.98 Å². The van der Waals surface area contributed by atoms with Gasteiger partial charge in [-0.05, 0) is 39.1 Å². The number of nitrogens with two attached hydrogens (primary N) is 1. The molecule has 0 spiro atoms. The maximum Gasteiger partial charge on any atom is 0.128 e. The molecule has 106 valence electrons. The lowest BCUT2D eigenvalue weighted by atomic mass is 10.1. The molecule has 2 rings (SSSR count). The monoisotopic (exact) mass is 264 g/mol. The zero-order valence-electron chi connectivity index (χ0n) is 12.0. The molecule has 0 amide bonds. The van der Waals surface area contributed by atoms with Gasteiger partial charge in [-0.1, -0.05) is 6.07 Å². The number of hydrogen-bond acceptors (Lipinski definition) is 5. The Kier molecular flexibility index (Phi) is 4.39. The summed E-state index contributed by atoms with van der Waals surface area (Å²) in [6, 6.07) is 4.34. The topological polar surface area (TPSA) is 65.6 Å². The molecular weight excluding hydrogens is 240 g/mol. The van der Waals surface area contributed by atoms with Crippen LogP contribution in [0.4, 0.5) is 5.82 Å². The van der Waals surface area contributed by atoms with Crippen molar-refractivity contribution < 1.29 is 5.11 Å². The van der Waals surface area contributed by atoms with Crippen LogP contribution in [0.25, 0.3) is 0 Å². The van der Waals surface area contributed by atoms with Crippen molar-refractivity contribution in [3.63, 3.8) is 0 Å². The third kappa shape index (κ3) is 3.43. The molecule has 1 aliphatic heterocycles. The normalized spacial score (nSPS) is 25.1. The van der Waals surface area contributed by atoms with E-state index in [9.17, 15) is 5.11 Å². The molecule has 1 fully saturated rings. The summed E-state index contributed by atoms with van der Waals surface area (Å²) in [4.78, 5) is 8.83. The third-order valence-electron chi connectivity index (χ3n) is 3.56. The predicted octanol–water partition coefficient (Wildman–Crippen LogP) is 0.603. The van der Waals surface area contributed by atoms with Crippen LogP contribution in [0, 0.1) is 0 Å². The van der Waals surface area contributed by atoms with Gasteiger partial charge in [0, 0.05) is 31.4 Å². The van der Waals surface area contributed by atoms with Gasteiger partial charge in [0.25, 0.3) is 0 Å². The van der Waals surface area contributed by atoms with Gasteiger partial charge < -0.3 is 20.6 Å². The van der Waals surface area contributed by atoms with Crippen molar-refractivity contribution in [2.45, 2.75) is 31.5 Å². The maximum atomic E-state index is 9.88. The quantitative estimate of drug-likeness (QED) is 0.834. The number of aromatic nitrogens is 1. The average Bonchev–Trinajstić information content (AvgIpc) is 2.69. The predicted molar refractivity (Wildman–Crippen MR) is 77.2 cm³/mol. The van der Waals surface area contributed by atoms with Crippen molar-refractivity contribution in [1.29, 1.82) is 0 Å². The fourth-order valence-corrected chi connectivity index (χ4v) is 2.60. The SMILES string of the molecule is C[C@@H](N)c1ccc(N2CC(O)CC2CN(C)C)nc1. The van der Waals surface area contributed by atoms with Gasteiger partial charge in [-0.15, -0.1) is 0 Å². The molecule has 0 aliphatic carbocycles. The van der Waals surface area contributed by atoms with E-state index < -0.39 is 0 Å². The highest BCUT2D eigenvalue weighted by Gasteiger charge is 2.31. The lowest BCUT2D eigenvalue weighted by Gasteiger charge is -2.27. The lowest BCUT2D eigenvalue weighted by molar-refractivity contribution is 0.191. The fourth-order valence-electron chi connectivity index (χ4n) is 2.60. The zero-order chi connectivity index (χ0) is 14.0. The number of nitrogens with zero attached hydrogens (tertiary/aromatic N) is 3. The Balaban J connectivity index is 2.14.